The molecule has 2 heterocycles. The van der Waals surface area contributed by atoms with Gasteiger partial charge in [-0.2, -0.15) is 0 Å². The van der Waals surface area contributed by atoms with Gasteiger partial charge < -0.3 is 0 Å². The van der Waals surface area contributed by atoms with Gasteiger partial charge in [-0.25, -0.2) is 9.97 Å². The highest BCUT2D eigenvalue weighted by molar-refractivity contribution is 6.33. The molecule has 0 N–H and O–H groups in total. The highest BCUT2D eigenvalue weighted by Crippen LogP contribution is 2.17. The highest BCUT2D eigenvalue weighted by atomic mass is 35.5. The molecule has 0 aliphatic carbocycles. The average Bonchev–Trinajstić information content (AvgIpc) is 2.56. The molecule has 4 nitrogen and oxygen atoms in total. The summed E-state index contributed by atoms with van der Waals surface area (Å²) in [5.41, 5.74) is 2.78. The average molecular weight is 295 g/mol. The maximum absolute atomic E-state index is 5.81. The van der Waals surface area contributed by atoms with E-state index in [-0.39, 0.29) is 0 Å². The Morgan fingerprint density at radius 2 is 1.19 bits per heavy atom. The van der Waals surface area contributed by atoms with Crippen LogP contribution in [0.15, 0.2) is 67.3 Å². The van der Waals surface area contributed by atoms with Gasteiger partial charge in [-0.15, -0.1) is 0 Å². The van der Waals surface area contributed by atoms with Crippen LogP contribution in [0.2, 0.25) is 5.15 Å². The summed E-state index contributed by atoms with van der Waals surface area (Å²) < 4.78 is 0. The zero-order chi connectivity index (χ0) is 14.5. The van der Waals surface area contributed by atoms with E-state index in [0.29, 0.717) is 5.15 Å². The smallest absolute Gasteiger partial charge is 0.140 e. The molecule has 0 radical (unpaired) electrons. The van der Waals surface area contributed by atoms with Crippen molar-refractivity contribution in [3.63, 3.8) is 0 Å². The number of rotatable bonds is 0. The van der Waals surface area contributed by atoms with Crippen molar-refractivity contribution in [3.8, 4) is 0 Å². The van der Waals surface area contributed by atoms with Gasteiger partial charge in [0.05, 0.1) is 16.6 Å². The zero-order valence-electron chi connectivity index (χ0n) is 11.0. The topological polar surface area (TPSA) is 51.6 Å². The normalized spacial score (nSPS) is 10.1. The Morgan fingerprint density at radius 3 is 1.81 bits per heavy atom. The number of aromatic nitrogens is 4. The molecule has 0 atom stereocenters. The van der Waals surface area contributed by atoms with Crippen molar-refractivity contribution in [1.82, 2.24) is 19.9 Å². The summed E-state index contributed by atoms with van der Waals surface area (Å²) in [4.78, 5) is 16.1. The number of benzene rings is 2. The fourth-order valence-electron chi connectivity index (χ4n) is 1.88. The molecule has 21 heavy (non-hydrogen) atoms. The molecule has 0 amide bonds. The Labute approximate surface area is 126 Å². The SMILES string of the molecule is Clc1ncnc2ccccc12.c1ccc2nccnc2c1. The van der Waals surface area contributed by atoms with Crippen molar-refractivity contribution in [3.05, 3.63) is 72.4 Å². The van der Waals surface area contributed by atoms with Crippen LogP contribution in [0.25, 0.3) is 21.9 Å². The van der Waals surface area contributed by atoms with Crippen LogP contribution >= 0.6 is 11.6 Å². The predicted molar refractivity (Wildman–Crippen MR) is 84.1 cm³/mol. The van der Waals surface area contributed by atoms with Crippen LogP contribution in [0.3, 0.4) is 0 Å². The largest absolute Gasteiger partial charge is 0.253 e. The van der Waals surface area contributed by atoms with E-state index in [4.69, 9.17) is 11.6 Å². The molecular formula is C16H11ClN4. The first-order valence-corrected chi connectivity index (χ1v) is 6.73. The second-order valence-corrected chi connectivity index (χ2v) is 4.58. The Kier molecular flexibility index (Phi) is 3.98. The van der Waals surface area contributed by atoms with E-state index >= 15 is 0 Å². The first-order chi connectivity index (χ1) is 10.3. The number of fused-ring (bicyclic) bond motifs is 2. The molecule has 0 unspecified atom stereocenters. The first-order valence-electron chi connectivity index (χ1n) is 6.35. The van der Waals surface area contributed by atoms with E-state index in [2.05, 4.69) is 19.9 Å². The lowest BCUT2D eigenvalue weighted by Gasteiger charge is -1.95. The predicted octanol–water partition coefficient (Wildman–Crippen LogP) is 3.91. The second kappa shape index (κ2) is 6.24. The summed E-state index contributed by atoms with van der Waals surface area (Å²) >= 11 is 5.81. The van der Waals surface area contributed by atoms with Gasteiger partial charge >= 0.3 is 0 Å². The molecule has 102 valence electrons. The molecular weight excluding hydrogens is 284 g/mol. The van der Waals surface area contributed by atoms with Crippen molar-refractivity contribution >= 4 is 33.5 Å². The first kappa shape index (κ1) is 13.4. The molecule has 0 fully saturated rings. The Morgan fingerprint density at radius 1 is 0.619 bits per heavy atom. The molecule has 4 aromatic rings. The summed E-state index contributed by atoms with van der Waals surface area (Å²) in [5, 5.41) is 1.41. The van der Waals surface area contributed by atoms with Crippen molar-refractivity contribution in [2.45, 2.75) is 0 Å². The van der Waals surface area contributed by atoms with Crippen molar-refractivity contribution in [2.24, 2.45) is 0 Å². The van der Waals surface area contributed by atoms with Crippen LogP contribution in [0, 0.1) is 0 Å². The van der Waals surface area contributed by atoms with E-state index in [9.17, 15) is 0 Å². The van der Waals surface area contributed by atoms with Gasteiger partial charge in [0.2, 0.25) is 0 Å². The maximum Gasteiger partial charge on any atom is 0.140 e. The molecule has 0 aliphatic heterocycles. The number of hydrogen-bond acceptors (Lipinski definition) is 4. The Balaban J connectivity index is 0.000000126. The van der Waals surface area contributed by atoms with Crippen LogP contribution in [0.1, 0.15) is 0 Å². The van der Waals surface area contributed by atoms with Gasteiger partial charge in [0, 0.05) is 17.8 Å². The van der Waals surface area contributed by atoms with Gasteiger partial charge in [-0.3, -0.25) is 9.97 Å². The summed E-state index contributed by atoms with van der Waals surface area (Å²) in [5.74, 6) is 0. The van der Waals surface area contributed by atoms with Crippen molar-refractivity contribution < 1.29 is 0 Å². The van der Waals surface area contributed by atoms with Crippen LogP contribution in [0.5, 0.6) is 0 Å². The van der Waals surface area contributed by atoms with E-state index < -0.39 is 0 Å². The quantitative estimate of drug-likeness (QED) is 0.461. The minimum Gasteiger partial charge on any atom is -0.253 e. The fourth-order valence-corrected chi connectivity index (χ4v) is 2.09. The molecule has 0 spiro atoms. The fraction of sp³-hybridized carbons (Fsp3) is 0. The number of para-hydroxylation sites is 3. The maximum atomic E-state index is 5.81. The zero-order valence-corrected chi connectivity index (χ0v) is 11.8. The lowest BCUT2D eigenvalue weighted by Crippen LogP contribution is -1.81. The van der Waals surface area contributed by atoms with Crippen LogP contribution < -0.4 is 0 Å². The molecule has 2 aromatic carbocycles. The molecule has 4 rings (SSSR count). The number of hydrogen-bond donors (Lipinski definition) is 0. The number of halogens is 1. The third kappa shape index (κ3) is 3.12. The lowest BCUT2D eigenvalue weighted by molar-refractivity contribution is 1.22. The molecule has 0 saturated carbocycles. The second-order valence-electron chi connectivity index (χ2n) is 4.23. The van der Waals surface area contributed by atoms with Gasteiger partial charge in [-0.1, -0.05) is 35.9 Å². The summed E-state index contributed by atoms with van der Waals surface area (Å²) in [6.07, 6.45) is 4.86. The van der Waals surface area contributed by atoms with Crippen LogP contribution in [0.4, 0.5) is 0 Å². The van der Waals surface area contributed by atoms with Crippen LogP contribution in [-0.2, 0) is 0 Å². The molecule has 0 aliphatic rings. The molecule has 2 aromatic heterocycles. The number of nitrogens with zero attached hydrogens (tertiary/aromatic N) is 4. The lowest BCUT2D eigenvalue weighted by atomic mass is 10.2. The van der Waals surface area contributed by atoms with Crippen molar-refractivity contribution in [1.29, 1.82) is 0 Å². The molecule has 0 saturated heterocycles. The Hall–Kier alpha value is -2.59. The monoisotopic (exact) mass is 294 g/mol. The van der Waals surface area contributed by atoms with E-state index in [1.165, 1.54) is 6.33 Å². The molecule has 5 heteroatoms. The van der Waals surface area contributed by atoms with E-state index in [1.54, 1.807) is 12.4 Å². The minimum absolute atomic E-state index is 0.510. The van der Waals surface area contributed by atoms with Gasteiger partial charge in [0.1, 0.15) is 11.5 Å². The van der Waals surface area contributed by atoms with Gasteiger partial charge in [0.25, 0.3) is 0 Å². The third-order valence-corrected chi connectivity index (χ3v) is 3.17. The Bertz CT molecular complexity index is 809. The minimum atomic E-state index is 0.510. The standard InChI is InChI=1S/C8H5ClN2.C8H6N2/c9-8-6-3-1-2-4-7(6)10-5-11-8;1-2-4-8-7(3-1)9-5-6-10-8/h1-5H;1-6H. The van der Waals surface area contributed by atoms with Gasteiger partial charge in [0.15, 0.2) is 0 Å². The van der Waals surface area contributed by atoms with Crippen LogP contribution in [-0.4, -0.2) is 19.9 Å². The summed E-state index contributed by atoms with van der Waals surface area (Å²) in [6.45, 7) is 0. The summed E-state index contributed by atoms with van der Waals surface area (Å²) in [6, 6.07) is 15.4. The highest BCUT2D eigenvalue weighted by Gasteiger charge is 1.96. The van der Waals surface area contributed by atoms with Crippen molar-refractivity contribution in [2.75, 3.05) is 0 Å². The molecule has 0 bridgehead atoms. The third-order valence-electron chi connectivity index (χ3n) is 2.87. The van der Waals surface area contributed by atoms with E-state index in [0.717, 1.165) is 21.9 Å². The summed E-state index contributed by atoms with van der Waals surface area (Å²) in [7, 11) is 0. The van der Waals surface area contributed by atoms with Gasteiger partial charge in [-0.05, 0) is 24.3 Å². The van der Waals surface area contributed by atoms with E-state index in [1.807, 2.05) is 48.5 Å².